The number of nitrogens with zero attached hydrogens (tertiary/aromatic N) is 4. The van der Waals surface area contributed by atoms with E-state index in [1.165, 1.54) is 16.8 Å². The molecule has 2 aliphatic heterocycles. The molecule has 0 saturated heterocycles. The number of carbonyl (C=O) groups excluding carboxylic acids is 1. The third kappa shape index (κ3) is 2.94. The molecule has 4 rings (SSSR count). The number of thioether (sulfide) groups is 1. The van der Waals surface area contributed by atoms with Gasteiger partial charge in [-0.05, 0) is 61.9 Å². The third-order valence-electron chi connectivity index (χ3n) is 4.58. The SMILES string of the molecule is CCC1=NN2C(=N)C(=Cc3cc(C)n(-c4ccccc4)c3C)C(=O)N=C2S1. The summed E-state index contributed by atoms with van der Waals surface area (Å²) in [6.45, 7) is 6.03. The number of aryl methyl sites for hydroxylation is 1. The van der Waals surface area contributed by atoms with Gasteiger partial charge in [-0.1, -0.05) is 25.1 Å². The number of nitrogens with one attached hydrogen (secondary N) is 1. The zero-order valence-corrected chi connectivity index (χ0v) is 16.2. The minimum absolute atomic E-state index is 0.0745. The van der Waals surface area contributed by atoms with Gasteiger partial charge in [0.15, 0.2) is 5.84 Å². The summed E-state index contributed by atoms with van der Waals surface area (Å²) in [6.07, 6.45) is 2.50. The minimum atomic E-state index is -0.393. The Balaban J connectivity index is 1.76. The first-order chi connectivity index (χ1) is 13.0. The van der Waals surface area contributed by atoms with Gasteiger partial charge in [-0.2, -0.15) is 15.1 Å². The van der Waals surface area contributed by atoms with Gasteiger partial charge in [0.1, 0.15) is 5.04 Å². The van der Waals surface area contributed by atoms with Crippen LogP contribution in [-0.4, -0.2) is 31.5 Å². The number of carbonyl (C=O) groups is 1. The fourth-order valence-corrected chi connectivity index (χ4v) is 4.06. The van der Waals surface area contributed by atoms with Crippen LogP contribution in [0.2, 0.25) is 0 Å². The van der Waals surface area contributed by atoms with Gasteiger partial charge >= 0.3 is 0 Å². The molecule has 0 spiro atoms. The van der Waals surface area contributed by atoms with Crippen LogP contribution in [0.15, 0.2) is 52.1 Å². The second-order valence-corrected chi connectivity index (χ2v) is 7.41. The van der Waals surface area contributed by atoms with E-state index in [9.17, 15) is 4.79 Å². The highest BCUT2D eigenvalue weighted by atomic mass is 32.2. The molecular weight excluding hydrogens is 358 g/mol. The van der Waals surface area contributed by atoms with Crippen LogP contribution in [0.25, 0.3) is 11.8 Å². The van der Waals surface area contributed by atoms with Gasteiger partial charge in [0.25, 0.3) is 5.91 Å². The zero-order valence-electron chi connectivity index (χ0n) is 15.4. The largest absolute Gasteiger partial charge is 0.318 e. The number of amides is 1. The smallest absolute Gasteiger partial charge is 0.283 e. The zero-order chi connectivity index (χ0) is 19.1. The highest BCUT2D eigenvalue weighted by molar-refractivity contribution is 8.26. The van der Waals surface area contributed by atoms with Crippen molar-refractivity contribution in [2.45, 2.75) is 27.2 Å². The van der Waals surface area contributed by atoms with Crippen molar-refractivity contribution in [3.63, 3.8) is 0 Å². The lowest BCUT2D eigenvalue weighted by molar-refractivity contribution is -0.114. The Hall–Kier alpha value is -2.93. The number of amidine groups is 2. The van der Waals surface area contributed by atoms with E-state index in [0.29, 0.717) is 5.17 Å². The maximum atomic E-state index is 12.5. The number of aliphatic imine (C=N–C) groups is 1. The molecule has 0 bridgehead atoms. The Morgan fingerprint density at radius 3 is 2.67 bits per heavy atom. The monoisotopic (exact) mass is 377 g/mol. The molecule has 1 aromatic carbocycles. The summed E-state index contributed by atoms with van der Waals surface area (Å²) in [5.74, 6) is -0.318. The number of hydrazone groups is 1. The average molecular weight is 377 g/mol. The fraction of sp³-hybridized carbons (Fsp3) is 0.200. The second kappa shape index (κ2) is 6.66. The molecular formula is C20H19N5OS. The first-order valence-corrected chi connectivity index (χ1v) is 9.54. The molecule has 136 valence electrons. The van der Waals surface area contributed by atoms with E-state index >= 15 is 0 Å². The lowest BCUT2D eigenvalue weighted by Gasteiger charge is -2.20. The molecule has 0 unspecified atom stereocenters. The van der Waals surface area contributed by atoms with E-state index in [4.69, 9.17) is 5.41 Å². The summed E-state index contributed by atoms with van der Waals surface area (Å²) in [5, 5.41) is 15.6. The van der Waals surface area contributed by atoms with Crippen molar-refractivity contribution >= 4 is 39.8 Å². The van der Waals surface area contributed by atoms with E-state index in [2.05, 4.69) is 14.7 Å². The van der Waals surface area contributed by atoms with Crippen LogP contribution < -0.4 is 0 Å². The van der Waals surface area contributed by atoms with E-state index in [1.807, 2.05) is 57.2 Å². The minimum Gasteiger partial charge on any atom is -0.318 e. The lowest BCUT2D eigenvalue weighted by Crippen LogP contribution is -2.35. The lowest BCUT2D eigenvalue weighted by atomic mass is 10.1. The second-order valence-electron chi connectivity index (χ2n) is 6.36. The number of rotatable bonds is 3. The fourth-order valence-electron chi connectivity index (χ4n) is 3.24. The molecule has 0 atom stereocenters. The van der Waals surface area contributed by atoms with Gasteiger partial charge in [-0.3, -0.25) is 10.2 Å². The van der Waals surface area contributed by atoms with Crippen molar-refractivity contribution < 1.29 is 4.79 Å². The molecule has 1 N–H and O–H groups in total. The Morgan fingerprint density at radius 2 is 1.96 bits per heavy atom. The number of para-hydroxylation sites is 1. The van der Waals surface area contributed by atoms with Crippen LogP contribution in [0.3, 0.4) is 0 Å². The third-order valence-corrected chi connectivity index (χ3v) is 5.64. The van der Waals surface area contributed by atoms with Gasteiger partial charge in [0.2, 0.25) is 5.17 Å². The molecule has 2 aromatic rings. The Morgan fingerprint density at radius 1 is 1.22 bits per heavy atom. The molecule has 0 radical (unpaired) electrons. The van der Waals surface area contributed by atoms with Crippen LogP contribution in [0.1, 0.15) is 30.3 Å². The summed E-state index contributed by atoms with van der Waals surface area (Å²) in [7, 11) is 0. The van der Waals surface area contributed by atoms with E-state index < -0.39 is 5.91 Å². The molecule has 0 fully saturated rings. The van der Waals surface area contributed by atoms with Crippen molar-refractivity contribution in [1.82, 2.24) is 9.58 Å². The molecule has 1 aromatic heterocycles. The maximum absolute atomic E-state index is 12.5. The summed E-state index contributed by atoms with van der Waals surface area (Å²) < 4.78 is 2.14. The van der Waals surface area contributed by atoms with Crippen LogP contribution in [-0.2, 0) is 4.79 Å². The van der Waals surface area contributed by atoms with Crippen molar-refractivity contribution in [1.29, 1.82) is 5.41 Å². The Labute approximate surface area is 161 Å². The summed E-state index contributed by atoms with van der Waals surface area (Å²) in [6, 6.07) is 12.1. The summed E-state index contributed by atoms with van der Waals surface area (Å²) in [4.78, 5) is 16.6. The number of aromatic nitrogens is 1. The van der Waals surface area contributed by atoms with Gasteiger partial charge in [0.05, 0.1) is 5.57 Å². The number of benzene rings is 1. The van der Waals surface area contributed by atoms with Crippen molar-refractivity contribution in [2.24, 2.45) is 10.1 Å². The molecule has 7 heteroatoms. The first kappa shape index (κ1) is 17.5. The molecule has 1 amide bonds. The Kier molecular flexibility index (Phi) is 4.31. The number of fused-ring (bicyclic) bond motifs is 1. The molecule has 27 heavy (non-hydrogen) atoms. The van der Waals surface area contributed by atoms with Gasteiger partial charge in [0, 0.05) is 17.1 Å². The summed E-state index contributed by atoms with van der Waals surface area (Å²) in [5.41, 5.74) is 4.29. The van der Waals surface area contributed by atoms with E-state index in [1.54, 1.807) is 6.08 Å². The van der Waals surface area contributed by atoms with Crippen molar-refractivity contribution in [3.05, 3.63) is 58.9 Å². The predicted molar refractivity (Wildman–Crippen MR) is 111 cm³/mol. The molecule has 6 nitrogen and oxygen atoms in total. The van der Waals surface area contributed by atoms with E-state index in [0.717, 1.165) is 34.1 Å². The van der Waals surface area contributed by atoms with Crippen LogP contribution in [0.5, 0.6) is 0 Å². The highest BCUT2D eigenvalue weighted by Crippen LogP contribution is 2.30. The standard InChI is InChI=1S/C20H19N5OS/c1-4-17-23-25-18(21)16(19(26)22-20(25)27-17)11-14-10-12(2)24(13(14)3)15-8-6-5-7-9-15/h5-11,21H,4H2,1-3H3. The first-order valence-electron chi connectivity index (χ1n) is 8.73. The van der Waals surface area contributed by atoms with E-state index in [-0.39, 0.29) is 11.4 Å². The average Bonchev–Trinajstić information content (AvgIpc) is 3.20. The number of hydrogen-bond acceptors (Lipinski definition) is 4. The quantitative estimate of drug-likeness (QED) is 0.818. The molecule has 3 heterocycles. The van der Waals surface area contributed by atoms with Crippen LogP contribution >= 0.6 is 11.8 Å². The maximum Gasteiger partial charge on any atom is 0.283 e. The van der Waals surface area contributed by atoms with Gasteiger partial charge in [-0.25, -0.2) is 0 Å². The van der Waals surface area contributed by atoms with Crippen molar-refractivity contribution in [3.8, 4) is 5.69 Å². The molecule has 2 aliphatic rings. The van der Waals surface area contributed by atoms with Crippen LogP contribution in [0.4, 0.5) is 0 Å². The normalized spacial score (nSPS) is 18.0. The predicted octanol–water partition coefficient (Wildman–Crippen LogP) is 4.12. The number of hydrogen-bond donors (Lipinski definition) is 1. The van der Waals surface area contributed by atoms with Crippen LogP contribution in [0, 0.1) is 19.3 Å². The topological polar surface area (TPSA) is 73.8 Å². The van der Waals surface area contributed by atoms with Crippen molar-refractivity contribution in [2.75, 3.05) is 0 Å². The Bertz CT molecular complexity index is 1050. The van der Waals surface area contributed by atoms with Gasteiger partial charge in [-0.15, -0.1) is 0 Å². The molecule has 0 saturated carbocycles. The molecule has 0 aliphatic carbocycles. The highest BCUT2D eigenvalue weighted by Gasteiger charge is 2.35. The summed E-state index contributed by atoms with van der Waals surface area (Å²) >= 11 is 1.35. The van der Waals surface area contributed by atoms with Gasteiger partial charge < -0.3 is 4.57 Å².